The van der Waals surface area contributed by atoms with Crippen LogP contribution in [0.2, 0.25) is 0 Å². The summed E-state index contributed by atoms with van der Waals surface area (Å²) in [6, 6.07) is 8.61. The Labute approximate surface area is 207 Å². The molecule has 2 rings (SSSR count). The Bertz CT molecular complexity index is 901. The van der Waals surface area contributed by atoms with Crippen molar-refractivity contribution in [2.45, 2.75) is 52.4 Å². The normalized spacial score (nSPS) is 16.4. The standard InChI is InChI=1S/C18H24N2.2F6P.Ir/c1-17(2,3)13-7-9-19-15(11-13)16-12-14(8-10-20-16)18(4,5)6;2*1-7(2,3,4,5)6;/h7-12H,1-6H3;;;/q;2*-1;+1/p+1. The van der Waals surface area contributed by atoms with E-state index in [0.717, 1.165) is 11.4 Å². The van der Waals surface area contributed by atoms with E-state index in [2.05, 4.69) is 75.8 Å². The van der Waals surface area contributed by atoms with E-state index in [1.54, 1.807) is 0 Å². The van der Waals surface area contributed by atoms with Gasteiger partial charge in [0.1, 0.15) is 5.69 Å². The van der Waals surface area contributed by atoms with Gasteiger partial charge in [-0.15, -0.1) is 0 Å². The monoisotopic (exact) mass is 752 g/mol. The van der Waals surface area contributed by atoms with Crippen molar-refractivity contribution in [2.24, 2.45) is 0 Å². The van der Waals surface area contributed by atoms with Gasteiger partial charge in [0.15, 0.2) is 6.20 Å². The molecule has 35 heavy (non-hydrogen) atoms. The first-order chi connectivity index (χ1) is 14.1. The fourth-order valence-corrected chi connectivity index (χ4v) is 2.13. The summed E-state index contributed by atoms with van der Waals surface area (Å²) < 4.78 is 118. The van der Waals surface area contributed by atoms with Gasteiger partial charge < -0.3 is 0 Å². The zero-order valence-electron chi connectivity index (χ0n) is 19.2. The van der Waals surface area contributed by atoms with E-state index < -0.39 is 15.6 Å². The van der Waals surface area contributed by atoms with Crippen LogP contribution in [0.5, 0.6) is 0 Å². The van der Waals surface area contributed by atoms with Crippen molar-refractivity contribution in [3.63, 3.8) is 0 Å². The fraction of sp³-hybridized carbons (Fsp3) is 0.444. The maximum absolute atomic E-state index is 10.7. The molecule has 17 heteroatoms. The van der Waals surface area contributed by atoms with Crippen LogP contribution in [0.1, 0.15) is 52.7 Å². The van der Waals surface area contributed by atoms with E-state index in [9.17, 15) is 50.4 Å². The average molecular weight is 752 g/mol. The third-order valence-electron chi connectivity index (χ3n) is 3.57. The molecule has 0 fully saturated rings. The Morgan fingerprint density at radius 3 is 1.31 bits per heavy atom. The molecule has 2 nitrogen and oxygen atoms in total. The molecule has 210 valence electrons. The molecule has 0 radical (unpaired) electrons. The SMILES string of the molecule is CC(C)(C)c1ccnc(-c2cc(C(C)(C)C)cc[nH+]2)c1.F[P-](F)(F)(F)(F)F.F[P-](F)(F)(F)(F)F.[Ir+]. The predicted molar refractivity (Wildman–Crippen MR) is 111 cm³/mol. The molecule has 0 saturated carbocycles. The van der Waals surface area contributed by atoms with E-state index in [0.29, 0.717) is 0 Å². The number of halogens is 12. The van der Waals surface area contributed by atoms with E-state index in [4.69, 9.17) is 0 Å². The van der Waals surface area contributed by atoms with Crippen molar-refractivity contribution >= 4 is 15.6 Å². The topological polar surface area (TPSA) is 27.0 Å². The van der Waals surface area contributed by atoms with Crippen LogP contribution in [0.4, 0.5) is 50.4 Å². The zero-order chi connectivity index (χ0) is 27.8. The maximum Gasteiger partial charge on any atom is 1.00 e. The van der Waals surface area contributed by atoms with E-state index in [1.807, 2.05) is 12.4 Å². The van der Waals surface area contributed by atoms with Crippen molar-refractivity contribution in [2.75, 3.05) is 0 Å². The molecule has 0 unspecified atom stereocenters. The zero-order valence-corrected chi connectivity index (χ0v) is 23.4. The Morgan fingerprint density at radius 2 is 0.971 bits per heavy atom. The van der Waals surface area contributed by atoms with Gasteiger partial charge in [-0.1, -0.05) is 41.5 Å². The Hall–Kier alpha value is -1.03. The molecule has 0 aliphatic carbocycles. The van der Waals surface area contributed by atoms with Gasteiger partial charge in [0.25, 0.3) is 0 Å². The van der Waals surface area contributed by atoms with Crippen LogP contribution in [0.25, 0.3) is 11.4 Å². The smallest absolute Gasteiger partial charge is 1.00 e. The van der Waals surface area contributed by atoms with Crippen LogP contribution in [-0.4, -0.2) is 4.98 Å². The van der Waals surface area contributed by atoms with Crippen molar-refractivity contribution in [1.82, 2.24) is 4.98 Å². The van der Waals surface area contributed by atoms with Crippen LogP contribution in [-0.2, 0) is 30.9 Å². The molecule has 0 atom stereocenters. The third kappa shape index (κ3) is 25.9. The van der Waals surface area contributed by atoms with Crippen molar-refractivity contribution in [1.29, 1.82) is 0 Å². The van der Waals surface area contributed by atoms with Gasteiger partial charge in [-0.25, -0.2) is 9.97 Å². The van der Waals surface area contributed by atoms with Crippen LogP contribution in [0, 0.1) is 0 Å². The van der Waals surface area contributed by atoms with Gasteiger partial charge in [0.05, 0.1) is 0 Å². The quantitative estimate of drug-likeness (QED) is 0.211. The molecule has 0 aliphatic rings. The summed E-state index contributed by atoms with van der Waals surface area (Å²) in [5, 5.41) is 0. The maximum atomic E-state index is 9.87. The number of H-pyrrole nitrogens is 1. The minimum Gasteiger partial charge on any atom is 1.00 e. The van der Waals surface area contributed by atoms with Crippen molar-refractivity contribution in [3.8, 4) is 11.4 Å². The molecule has 2 heterocycles. The summed E-state index contributed by atoms with van der Waals surface area (Å²) in [5.41, 5.74) is 4.98. The van der Waals surface area contributed by atoms with Crippen molar-refractivity contribution < 1.29 is 75.5 Å². The molecule has 0 amide bonds. The first-order valence-electron chi connectivity index (χ1n) is 9.20. The van der Waals surface area contributed by atoms with Gasteiger partial charge in [-0.3, -0.25) is 0 Å². The van der Waals surface area contributed by atoms with Crippen molar-refractivity contribution in [3.05, 3.63) is 47.8 Å². The fourth-order valence-electron chi connectivity index (χ4n) is 2.13. The van der Waals surface area contributed by atoms with E-state index in [-0.39, 0.29) is 30.9 Å². The van der Waals surface area contributed by atoms with Crippen LogP contribution in [0.15, 0.2) is 36.7 Å². The van der Waals surface area contributed by atoms with Crippen LogP contribution in [0.3, 0.4) is 0 Å². The largest absolute Gasteiger partial charge is 1.00 e. The second-order valence-electron chi connectivity index (χ2n) is 9.34. The number of hydrogen-bond donors (Lipinski definition) is 0. The Morgan fingerprint density at radius 1 is 0.629 bits per heavy atom. The molecule has 0 aliphatic heterocycles. The summed E-state index contributed by atoms with van der Waals surface area (Å²) in [4.78, 5) is 7.83. The predicted octanol–water partition coefficient (Wildman–Crippen LogP) is 10.9. The Balaban J connectivity index is 0. The van der Waals surface area contributed by atoms with Crippen LogP contribution >= 0.6 is 15.6 Å². The molecule has 1 N–H and O–H groups in total. The number of pyridine rings is 2. The molecule has 2 aromatic heterocycles. The first-order valence-corrected chi connectivity index (χ1v) is 13.3. The molecule has 0 saturated heterocycles. The Kier molecular flexibility index (Phi) is 9.36. The van der Waals surface area contributed by atoms with Gasteiger partial charge in [-0.2, -0.15) is 0 Å². The number of hydrogen-bond acceptors (Lipinski definition) is 1. The summed E-state index contributed by atoms with van der Waals surface area (Å²) in [5.74, 6) is 0. The summed E-state index contributed by atoms with van der Waals surface area (Å²) in [6.45, 7) is 13.4. The summed E-state index contributed by atoms with van der Waals surface area (Å²) in [7, 11) is -21.3. The minimum atomic E-state index is -10.7. The second-order valence-corrected chi connectivity index (χ2v) is 13.2. The second kappa shape index (κ2) is 9.06. The number of aromatic nitrogens is 2. The van der Waals surface area contributed by atoms with Gasteiger partial charge in [0.2, 0.25) is 5.69 Å². The summed E-state index contributed by atoms with van der Waals surface area (Å²) >= 11 is 0. The molecule has 2 aromatic rings. The molecular formula is C18H25F12IrN2P2. The number of rotatable bonds is 1. The van der Waals surface area contributed by atoms with Gasteiger partial charge in [0, 0.05) is 18.3 Å². The van der Waals surface area contributed by atoms with Crippen LogP contribution < -0.4 is 4.98 Å². The molecular weight excluding hydrogens is 726 g/mol. The van der Waals surface area contributed by atoms with E-state index in [1.165, 1.54) is 11.1 Å². The number of nitrogens with one attached hydrogen (secondary N) is 1. The molecule has 0 aromatic carbocycles. The molecule has 0 bridgehead atoms. The summed E-state index contributed by atoms with van der Waals surface area (Å²) in [6.07, 6.45) is 3.90. The number of nitrogens with zero attached hydrogens (tertiary/aromatic N) is 1. The average Bonchev–Trinajstić information content (AvgIpc) is 2.47. The molecule has 0 spiro atoms. The minimum absolute atomic E-state index is 0. The number of aromatic amines is 1. The van der Waals surface area contributed by atoms with Gasteiger partial charge >= 0.3 is 86.1 Å². The van der Waals surface area contributed by atoms with Gasteiger partial charge in [-0.05, 0) is 34.1 Å². The first kappa shape index (κ1) is 36.1. The van der Waals surface area contributed by atoms with E-state index >= 15 is 0 Å². The third-order valence-corrected chi connectivity index (χ3v) is 3.57.